The van der Waals surface area contributed by atoms with Crippen molar-refractivity contribution in [3.8, 4) is 0 Å². The molecule has 0 radical (unpaired) electrons. The van der Waals surface area contributed by atoms with Crippen LogP contribution in [0.25, 0.3) is 0 Å². The van der Waals surface area contributed by atoms with Crippen molar-refractivity contribution in [2.75, 3.05) is 24.5 Å². The monoisotopic (exact) mass is 285 g/mol. The Labute approximate surface area is 126 Å². The van der Waals surface area contributed by atoms with Crippen LogP contribution in [0.1, 0.15) is 18.5 Å². The zero-order valence-electron chi connectivity index (χ0n) is 12.6. The molecule has 1 N–H and O–H groups in total. The Kier molecular flexibility index (Phi) is 4.50. The highest BCUT2D eigenvalue weighted by atomic mass is 15.3. The number of pyridine rings is 1. The lowest BCUT2D eigenvalue weighted by molar-refractivity contribution is 0.416. The molecular weight excluding hydrogens is 262 g/mol. The first-order chi connectivity index (χ1) is 10.3. The van der Waals surface area contributed by atoms with E-state index in [0.29, 0.717) is 6.04 Å². The topological polar surface area (TPSA) is 46.0 Å². The fourth-order valence-corrected chi connectivity index (χ4v) is 2.95. The molecule has 0 saturated carbocycles. The highest BCUT2D eigenvalue weighted by Gasteiger charge is 2.18. The van der Waals surface area contributed by atoms with Crippen LogP contribution in [0.4, 0.5) is 5.69 Å². The SMILES string of the molecule is Cn1nccc1CCNC1CCN(c2ccncc2)CC1. The molecule has 112 valence electrons. The van der Waals surface area contributed by atoms with Crippen molar-refractivity contribution in [3.63, 3.8) is 0 Å². The summed E-state index contributed by atoms with van der Waals surface area (Å²) in [5.74, 6) is 0. The number of aryl methyl sites for hydroxylation is 1. The molecule has 0 bridgehead atoms. The highest BCUT2D eigenvalue weighted by Crippen LogP contribution is 2.18. The lowest BCUT2D eigenvalue weighted by Gasteiger charge is -2.34. The van der Waals surface area contributed by atoms with E-state index in [1.165, 1.54) is 24.2 Å². The lowest BCUT2D eigenvalue weighted by atomic mass is 10.0. The average molecular weight is 285 g/mol. The van der Waals surface area contributed by atoms with Crippen molar-refractivity contribution in [1.82, 2.24) is 20.1 Å². The van der Waals surface area contributed by atoms with Crippen LogP contribution in [0.5, 0.6) is 0 Å². The van der Waals surface area contributed by atoms with Gasteiger partial charge in [-0.2, -0.15) is 5.10 Å². The number of nitrogens with one attached hydrogen (secondary N) is 1. The van der Waals surface area contributed by atoms with E-state index in [4.69, 9.17) is 0 Å². The zero-order chi connectivity index (χ0) is 14.5. The van der Waals surface area contributed by atoms with Crippen molar-refractivity contribution < 1.29 is 0 Å². The molecular formula is C16H23N5. The first-order valence-electron chi connectivity index (χ1n) is 7.68. The van der Waals surface area contributed by atoms with E-state index in [9.17, 15) is 0 Å². The molecule has 0 spiro atoms. The molecule has 1 saturated heterocycles. The molecule has 0 aromatic carbocycles. The van der Waals surface area contributed by atoms with Gasteiger partial charge in [0.15, 0.2) is 0 Å². The summed E-state index contributed by atoms with van der Waals surface area (Å²) >= 11 is 0. The number of nitrogens with zero attached hydrogens (tertiary/aromatic N) is 4. The molecule has 0 aliphatic carbocycles. The fourth-order valence-electron chi connectivity index (χ4n) is 2.95. The van der Waals surface area contributed by atoms with Crippen LogP contribution in [0.2, 0.25) is 0 Å². The van der Waals surface area contributed by atoms with Crippen LogP contribution in [0.3, 0.4) is 0 Å². The summed E-state index contributed by atoms with van der Waals surface area (Å²) in [6.45, 7) is 3.26. The maximum absolute atomic E-state index is 4.20. The van der Waals surface area contributed by atoms with E-state index >= 15 is 0 Å². The van der Waals surface area contributed by atoms with E-state index < -0.39 is 0 Å². The molecule has 0 atom stereocenters. The molecule has 21 heavy (non-hydrogen) atoms. The number of anilines is 1. The van der Waals surface area contributed by atoms with Gasteiger partial charge in [-0.3, -0.25) is 9.67 Å². The van der Waals surface area contributed by atoms with Crippen molar-refractivity contribution in [3.05, 3.63) is 42.5 Å². The van der Waals surface area contributed by atoms with E-state index in [0.717, 1.165) is 26.1 Å². The molecule has 2 aromatic rings. The molecule has 3 rings (SSSR count). The first kappa shape index (κ1) is 14.1. The summed E-state index contributed by atoms with van der Waals surface area (Å²) in [6, 6.07) is 6.91. The van der Waals surface area contributed by atoms with Gasteiger partial charge in [-0.1, -0.05) is 0 Å². The minimum atomic E-state index is 0.635. The van der Waals surface area contributed by atoms with Crippen molar-refractivity contribution in [2.24, 2.45) is 7.05 Å². The number of hydrogen-bond donors (Lipinski definition) is 1. The van der Waals surface area contributed by atoms with Gasteiger partial charge in [0.1, 0.15) is 0 Å². The Balaban J connectivity index is 1.41. The van der Waals surface area contributed by atoms with Crippen molar-refractivity contribution in [1.29, 1.82) is 0 Å². The molecule has 3 heterocycles. The van der Waals surface area contributed by atoms with Gasteiger partial charge >= 0.3 is 0 Å². The van der Waals surface area contributed by atoms with Gasteiger partial charge in [0.25, 0.3) is 0 Å². The van der Waals surface area contributed by atoms with Gasteiger partial charge in [-0.15, -0.1) is 0 Å². The van der Waals surface area contributed by atoms with Gasteiger partial charge < -0.3 is 10.2 Å². The third kappa shape index (κ3) is 3.61. The van der Waals surface area contributed by atoms with Crippen LogP contribution >= 0.6 is 0 Å². The predicted octanol–water partition coefficient (Wildman–Crippen LogP) is 1.62. The van der Waals surface area contributed by atoms with Gasteiger partial charge in [0.2, 0.25) is 0 Å². The summed E-state index contributed by atoms with van der Waals surface area (Å²) < 4.78 is 1.95. The maximum Gasteiger partial charge on any atom is 0.0492 e. The molecule has 5 heteroatoms. The third-order valence-electron chi connectivity index (χ3n) is 4.26. The summed E-state index contributed by atoms with van der Waals surface area (Å²) in [4.78, 5) is 6.53. The van der Waals surface area contributed by atoms with Crippen molar-refractivity contribution in [2.45, 2.75) is 25.3 Å². The van der Waals surface area contributed by atoms with E-state index in [1.807, 2.05) is 30.3 Å². The molecule has 2 aromatic heterocycles. The lowest BCUT2D eigenvalue weighted by Crippen LogP contribution is -2.43. The van der Waals surface area contributed by atoms with Gasteiger partial charge in [-0.05, 0) is 31.0 Å². The van der Waals surface area contributed by atoms with E-state index in [1.54, 1.807) is 0 Å². The highest BCUT2D eigenvalue weighted by molar-refractivity contribution is 5.44. The number of rotatable bonds is 5. The average Bonchev–Trinajstić information content (AvgIpc) is 2.94. The molecule has 1 fully saturated rings. The third-order valence-corrected chi connectivity index (χ3v) is 4.26. The quantitative estimate of drug-likeness (QED) is 0.907. The van der Waals surface area contributed by atoms with Gasteiger partial charge in [-0.25, -0.2) is 0 Å². The second-order valence-electron chi connectivity index (χ2n) is 5.62. The van der Waals surface area contributed by atoms with Crippen LogP contribution in [-0.4, -0.2) is 40.4 Å². The summed E-state index contributed by atoms with van der Waals surface area (Å²) in [5, 5.41) is 7.88. The van der Waals surface area contributed by atoms with Crippen LogP contribution < -0.4 is 10.2 Å². The second kappa shape index (κ2) is 6.72. The standard InChI is InChI=1S/C16H23N5/c1-20-15(5-11-19-20)4-10-18-14-6-12-21(13-7-14)16-2-8-17-9-3-16/h2-3,5,8-9,11,14,18H,4,6-7,10,12-13H2,1H3. The Hall–Kier alpha value is -1.88. The van der Waals surface area contributed by atoms with Crippen molar-refractivity contribution >= 4 is 5.69 Å². The molecule has 5 nitrogen and oxygen atoms in total. The Morgan fingerprint density at radius 2 is 1.90 bits per heavy atom. The molecule has 1 aliphatic rings. The van der Waals surface area contributed by atoms with Crippen LogP contribution in [0.15, 0.2) is 36.8 Å². The number of piperidine rings is 1. The summed E-state index contributed by atoms with van der Waals surface area (Å²) in [7, 11) is 2.00. The fraction of sp³-hybridized carbons (Fsp3) is 0.500. The minimum absolute atomic E-state index is 0.635. The normalized spacial score (nSPS) is 16.3. The zero-order valence-corrected chi connectivity index (χ0v) is 12.6. The molecule has 0 amide bonds. The van der Waals surface area contributed by atoms with Crippen LogP contribution in [-0.2, 0) is 13.5 Å². The molecule has 0 unspecified atom stereocenters. The Bertz CT molecular complexity index is 543. The predicted molar refractivity (Wildman–Crippen MR) is 84.4 cm³/mol. The summed E-state index contributed by atoms with van der Waals surface area (Å²) in [6.07, 6.45) is 9.05. The Morgan fingerprint density at radius 3 is 2.57 bits per heavy atom. The summed E-state index contributed by atoms with van der Waals surface area (Å²) in [5.41, 5.74) is 2.58. The Morgan fingerprint density at radius 1 is 1.14 bits per heavy atom. The van der Waals surface area contributed by atoms with Crippen LogP contribution in [0, 0.1) is 0 Å². The maximum atomic E-state index is 4.20. The first-order valence-corrected chi connectivity index (χ1v) is 7.68. The second-order valence-corrected chi connectivity index (χ2v) is 5.62. The number of hydrogen-bond acceptors (Lipinski definition) is 4. The molecule has 1 aliphatic heterocycles. The number of aromatic nitrogens is 3. The minimum Gasteiger partial charge on any atom is -0.371 e. The largest absolute Gasteiger partial charge is 0.371 e. The van der Waals surface area contributed by atoms with Gasteiger partial charge in [0, 0.05) is 69.1 Å². The van der Waals surface area contributed by atoms with E-state index in [2.05, 4.69) is 38.5 Å². The van der Waals surface area contributed by atoms with E-state index in [-0.39, 0.29) is 0 Å². The smallest absolute Gasteiger partial charge is 0.0492 e. The van der Waals surface area contributed by atoms with Gasteiger partial charge in [0.05, 0.1) is 0 Å².